The predicted molar refractivity (Wildman–Crippen MR) is 82.6 cm³/mol. The van der Waals surface area contributed by atoms with Crippen LogP contribution in [-0.4, -0.2) is 54.7 Å². The fourth-order valence-corrected chi connectivity index (χ4v) is 1.61. The summed E-state index contributed by atoms with van der Waals surface area (Å²) in [5, 5.41) is 0. The monoisotopic (exact) mass is 301 g/mol. The van der Waals surface area contributed by atoms with Crippen molar-refractivity contribution in [3.63, 3.8) is 0 Å². The van der Waals surface area contributed by atoms with Gasteiger partial charge in [0.1, 0.15) is 0 Å². The molecule has 0 saturated carbocycles. The van der Waals surface area contributed by atoms with Crippen LogP contribution < -0.4 is 0 Å². The first-order valence-corrected chi connectivity index (χ1v) is 7.14. The third-order valence-electron chi connectivity index (χ3n) is 2.83. The maximum Gasteiger partial charge on any atom is 0.339 e. The molecule has 0 spiro atoms. The van der Waals surface area contributed by atoms with Gasteiger partial charge >= 0.3 is 11.9 Å². The summed E-state index contributed by atoms with van der Waals surface area (Å²) in [6.45, 7) is 4.78. The fraction of sp³-hybridized carbons (Fsp3) is 0.500. The molecule has 0 amide bonds. The molecule has 0 aromatic heterocycles. The van der Waals surface area contributed by atoms with Crippen molar-refractivity contribution in [2.75, 3.05) is 13.2 Å². The molecule has 0 aliphatic carbocycles. The van der Waals surface area contributed by atoms with Crippen molar-refractivity contribution in [2.45, 2.75) is 39.5 Å². The summed E-state index contributed by atoms with van der Waals surface area (Å²) in [6.07, 6.45) is 3.53. The minimum absolute atomic E-state index is 0. The zero-order valence-corrected chi connectivity index (χ0v) is 15.2. The Morgan fingerprint density at radius 1 is 0.857 bits per heavy atom. The summed E-state index contributed by atoms with van der Waals surface area (Å²) in [5.41, 5.74) is 0.537. The Balaban J connectivity index is 0.00000400. The quantitative estimate of drug-likeness (QED) is 0.420. The zero-order valence-electron chi connectivity index (χ0n) is 13.2. The van der Waals surface area contributed by atoms with Gasteiger partial charge in [0.05, 0.1) is 24.3 Å². The second kappa shape index (κ2) is 11.8. The van der Waals surface area contributed by atoms with Crippen molar-refractivity contribution in [3.05, 3.63) is 35.4 Å². The molecule has 111 valence electrons. The van der Waals surface area contributed by atoms with Crippen LogP contribution in [0.25, 0.3) is 0 Å². The van der Waals surface area contributed by atoms with Gasteiger partial charge in [-0.15, -0.1) is 0 Å². The van der Waals surface area contributed by atoms with E-state index in [4.69, 9.17) is 9.47 Å². The molecule has 4 nitrogen and oxygen atoms in total. The third-order valence-corrected chi connectivity index (χ3v) is 2.83. The molecule has 0 N–H and O–H groups in total. The molecule has 1 aromatic rings. The molecule has 0 unspecified atom stereocenters. The van der Waals surface area contributed by atoms with Crippen molar-refractivity contribution in [1.29, 1.82) is 0 Å². The summed E-state index contributed by atoms with van der Waals surface area (Å²) in [5.74, 6) is -0.942. The van der Waals surface area contributed by atoms with Gasteiger partial charge in [0.25, 0.3) is 0 Å². The predicted octanol–water partition coefficient (Wildman–Crippen LogP) is 3.22. The van der Waals surface area contributed by atoms with Gasteiger partial charge in [-0.2, -0.15) is 0 Å². The minimum Gasteiger partial charge on any atom is -0.462 e. The molecular weight excluding hydrogens is 279 g/mol. The van der Waals surface area contributed by atoms with E-state index < -0.39 is 11.9 Å². The van der Waals surface area contributed by atoms with E-state index >= 15 is 0 Å². The molecule has 1 rings (SSSR count). The van der Waals surface area contributed by atoms with E-state index in [0.717, 1.165) is 25.7 Å². The number of benzene rings is 1. The van der Waals surface area contributed by atoms with Crippen molar-refractivity contribution in [1.82, 2.24) is 0 Å². The summed E-state index contributed by atoms with van der Waals surface area (Å²) < 4.78 is 10.3. The SMILES string of the molecule is CCCCOC(=O)c1ccccc1C(=O)OCCCC.[Na]. The topological polar surface area (TPSA) is 52.6 Å². The van der Waals surface area contributed by atoms with E-state index in [0.29, 0.717) is 13.2 Å². The van der Waals surface area contributed by atoms with Crippen LogP contribution in [0.2, 0.25) is 0 Å². The number of carbonyl (C=O) groups is 2. The molecule has 0 aliphatic heterocycles. The number of rotatable bonds is 8. The molecule has 0 heterocycles. The second-order valence-electron chi connectivity index (χ2n) is 4.52. The Labute approximate surface area is 148 Å². The van der Waals surface area contributed by atoms with Gasteiger partial charge in [-0.25, -0.2) is 9.59 Å². The molecule has 1 radical (unpaired) electrons. The summed E-state index contributed by atoms with van der Waals surface area (Å²) in [6, 6.07) is 6.59. The number of unbranched alkanes of at least 4 members (excludes halogenated alkanes) is 2. The van der Waals surface area contributed by atoms with Gasteiger partial charge in [0, 0.05) is 29.6 Å². The van der Waals surface area contributed by atoms with Crippen LogP contribution in [0.3, 0.4) is 0 Å². The minimum atomic E-state index is -0.471. The van der Waals surface area contributed by atoms with Crippen LogP contribution in [-0.2, 0) is 9.47 Å². The number of ether oxygens (including phenoxy) is 2. The molecule has 0 fully saturated rings. The largest absolute Gasteiger partial charge is 0.462 e. The maximum absolute atomic E-state index is 11.9. The summed E-state index contributed by atoms with van der Waals surface area (Å²) in [4.78, 5) is 23.9. The molecule has 5 heteroatoms. The Hall–Kier alpha value is -0.840. The molecule has 21 heavy (non-hydrogen) atoms. The van der Waals surface area contributed by atoms with Gasteiger partial charge in [-0.05, 0) is 25.0 Å². The first kappa shape index (κ1) is 20.2. The first-order chi connectivity index (χ1) is 9.70. The van der Waals surface area contributed by atoms with Crippen molar-refractivity contribution >= 4 is 41.5 Å². The number of hydrogen-bond acceptors (Lipinski definition) is 4. The smallest absolute Gasteiger partial charge is 0.339 e. The van der Waals surface area contributed by atoms with E-state index in [2.05, 4.69) is 0 Å². The van der Waals surface area contributed by atoms with Crippen LogP contribution in [0.5, 0.6) is 0 Å². The first-order valence-electron chi connectivity index (χ1n) is 7.14. The number of hydrogen-bond donors (Lipinski definition) is 0. The van der Waals surface area contributed by atoms with Crippen molar-refractivity contribution < 1.29 is 19.1 Å². The van der Waals surface area contributed by atoms with Gasteiger partial charge in [-0.1, -0.05) is 38.8 Å². The van der Waals surface area contributed by atoms with E-state index in [1.165, 1.54) is 0 Å². The third kappa shape index (κ3) is 7.11. The van der Waals surface area contributed by atoms with Gasteiger partial charge < -0.3 is 9.47 Å². The Kier molecular flexibility index (Phi) is 11.3. The zero-order chi connectivity index (χ0) is 14.8. The van der Waals surface area contributed by atoms with Gasteiger partial charge in [0.15, 0.2) is 0 Å². The fourth-order valence-electron chi connectivity index (χ4n) is 1.61. The second-order valence-corrected chi connectivity index (χ2v) is 4.52. The van der Waals surface area contributed by atoms with Crippen LogP contribution in [0, 0.1) is 0 Å². The molecular formula is C16H22NaO4. The number of carbonyl (C=O) groups excluding carboxylic acids is 2. The standard InChI is InChI=1S/C16H22O4.Na/c1-3-5-11-19-15(17)13-9-7-8-10-14(13)16(18)20-12-6-4-2;/h7-10H,3-6,11-12H2,1-2H3;. The molecule has 0 bridgehead atoms. The molecule has 1 aromatic carbocycles. The molecule has 0 aliphatic rings. The van der Waals surface area contributed by atoms with E-state index in [1.54, 1.807) is 24.3 Å². The summed E-state index contributed by atoms with van der Waals surface area (Å²) in [7, 11) is 0. The maximum atomic E-state index is 11.9. The van der Waals surface area contributed by atoms with E-state index in [1.807, 2.05) is 13.8 Å². The van der Waals surface area contributed by atoms with Crippen molar-refractivity contribution in [3.8, 4) is 0 Å². The number of esters is 2. The van der Waals surface area contributed by atoms with Crippen LogP contribution in [0.1, 0.15) is 60.2 Å². The van der Waals surface area contributed by atoms with Crippen molar-refractivity contribution in [2.24, 2.45) is 0 Å². The average molecular weight is 301 g/mol. The van der Waals surface area contributed by atoms with Gasteiger partial charge in [0.2, 0.25) is 0 Å². The Bertz CT molecular complexity index is 405. The normalized spacial score (nSPS) is 9.62. The van der Waals surface area contributed by atoms with E-state index in [9.17, 15) is 9.59 Å². The Morgan fingerprint density at radius 3 is 1.57 bits per heavy atom. The average Bonchev–Trinajstić information content (AvgIpc) is 2.47. The van der Waals surface area contributed by atoms with Crippen LogP contribution >= 0.6 is 0 Å². The van der Waals surface area contributed by atoms with E-state index in [-0.39, 0.29) is 40.7 Å². The summed E-state index contributed by atoms with van der Waals surface area (Å²) >= 11 is 0. The Morgan fingerprint density at radius 2 is 1.24 bits per heavy atom. The molecule has 0 atom stereocenters. The molecule has 0 saturated heterocycles. The van der Waals surface area contributed by atoms with Crippen LogP contribution in [0.15, 0.2) is 24.3 Å². The van der Waals surface area contributed by atoms with Crippen LogP contribution in [0.4, 0.5) is 0 Å². The van der Waals surface area contributed by atoms with Gasteiger partial charge in [-0.3, -0.25) is 0 Å².